The van der Waals surface area contributed by atoms with Crippen molar-refractivity contribution in [1.82, 2.24) is 0 Å². The zero-order valence-corrected chi connectivity index (χ0v) is 17.0. The SMILES string of the molecule is CCOC(=O)C(=C(C)C)C(C(C)O)(C(C)O)C12CC3CC(CC(C3)C1)C2. The summed E-state index contributed by atoms with van der Waals surface area (Å²) in [7, 11) is 0. The van der Waals surface area contributed by atoms with Gasteiger partial charge in [0.05, 0.1) is 24.2 Å². The Morgan fingerprint density at radius 3 is 1.77 bits per heavy atom. The number of hydrogen-bond donors (Lipinski definition) is 2. The highest BCUT2D eigenvalue weighted by Gasteiger charge is 2.66. The Morgan fingerprint density at radius 2 is 1.46 bits per heavy atom. The highest BCUT2D eigenvalue weighted by molar-refractivity contribution is 5.91. The van der Waals surface area contributed by atoms with Crippen LogP contribution in [-0.2, 0) is 9.53 Å². The van der Waals surface area contributed by atoms with Crippen LogP contribution in [0.15, 0.2) is 11.1 Å². The van der Waals surface area contributed by atoms with E-state index in [1.165, 1.54) is 19.3 Å². The van der Waals surface area contributed by atoms with Gasteiger partial charge in [0.25, 0.3) is 0 Å². The fourth-order valence-corrected chi connectivity index (χ4v) is 7.53. The molecule has 4 aliphatic carbocycles. The van der Waals surface area contributed by atoms with Gasteiger partial charge >= 0.3 is 5.97 Å². The molecule has 4 fully saturated rings. The number of rotatable bonds is 6. The van der Waals surface area contributed by atoms with Crippen LogP contribution in [0, 0.1) is 28.6 Å². The minimum absolute atomic E-state index is 0.219. The minimum atomic E-state index is -0.964. The summed E-state index contributed by atoms with van der Waals surface area (Å²) in [6, 6.07) is 0. The molecule has 2 atom stereocenters. The Hall–Kier alpha value is -0.870. The van der Waals surface area contributed by atoms with Crippen LogP contribution < -0.4 is 0 Å². The van der Waals surface area contributed by atoms with Gasteiger partial charge in [-0.15, -0.1) is 0 Å². The smallest absolute Gasteiger partial charge is 0.334 e. The molecule has 26 heavy (non-hydrogen) atoms. The van der Waals surface area contributed by atoms with E-state index >= 15 is 0 Å². The fraction of sp³-hybridized carbons (Fsp3) is 0.864. The molecular weight excluding hydrogens is 328 g/mol. The van der Waals surface area contributed by atoms with Crippen LogP contribution in [0.5, 0.6) is 0 Å². The van der Waals surface area contributed by atoms with Gasteiger partial charge < -0.3 is 14.9 Å². The maximum atomic E-state index is 13.0. The first kappa shape index (κ1) is 19.9. The number of carbonyl (C=O) groups is 1. The molecule has 0 aromatic rings. The maximum Gasteiger partial charge on any atom is 0.334 e. The molecular formula is C22H36O4. The van der Waals surface area contributed by atoms with Crippen LogP contribution in [-0.4, -0.2) is 35.0 Å². The first-order valence-electron chi connectivity index (χ1n) is 10.4. The Bertz CT molecular complexity index is 540. The molecule has 0 aromatic carbocycles. The van der Waals surface area contributed by atoms with E-state index in [4.69, 9.17) is 4.74 Å². The Morgan fingerprint density at radius 1 is 1.04 bits per heavy atom. The van der Waals surface area contributed by atoms with Crippen molar-refractivity contribution in [2.75, 3.05) is 6.61 Å². The third-order valence-electron chi connectivity index (χ3n) is 7.63. The summed E-state index contributed by atoms with van der Waals surface area (Å²) in [5.74, 6) is 1.63. The molecule has 0 amide bonds. The highest BCUT2D eigenvalue weighted by atomic mass is 16.5. The van der Waals surface area contributed by atoms with Crippen molar-refractivity contribution in [2.45, 2.75) is 85.4 Å². The number of ether oxygens (including phenoxy) is 1. The zero-order chi connectivity index (χ0) is 19.3. The molecule has 0 radical (unpaired) electrons. The molecule has 0 heterocycles. The number of aliphatic hydroxyl groups is 2. The molecule has 4 rings (SSSR count). The molecule has 0 aromatic heterocycles. The van der Waals surface area contributed by atoms with E-state index in [9.17, 15) is 15.0 Å². The van der Waals surface area contributed by atoms with Gasteiger partial charge in [-0.05, 0) is 96.3 Å². The van der Waals surface area contributed by atoms with E-state index in [1.807, 2.05) is 13.8 Å². The second-order valence-corrected chi connectivity index (χ2v) is 9.51. The lowest BCUT2D eigenvalue weighted by atomic mass is 9.39. The van der Waals surface area contributed by atoms with Crippen molar-refractivity contribution in [1.29, 1.82) is 0 Å². The van der Waals surface area contributed by atoms with Gasteiger partial charge in [0.15, 0.2) is 0 Å². The van der Waals surface area contributed by atoms with E-state index in [-0.39, 0.29) is 11.4 Å². The van der Waals surface area contributed by atoms with Gasteiger partial charge in [-0.2, -0.15) is 0 Å². The van der Waals surface area contributed by atoms with Crippen molar-refractivity contribution >= 4 is 5.97 Å². The first-order chi connectivity index (χ1) is 12.2. The van der Waals surface area contributed by atoms with Gasteiger partial charge in [0, 0.05) is 5.57 Å². The van der Waals surface area contributed by atoms with Crippen LogP contribution in [0.1, 0.15) is 73.1 Å². The summed E-state index contributed by atoms with van der Waals surface area (Å²) in [6.45, 7) is 9.43. The predicted octanol–water partition coefficient (Wildman–Crippen LogP) is 3.85. The third-order valence-corrected chi connectivity index (χ3v) is 7.63. The van der Waals surface area contributed by atoms with E-state index in [2.05, 4.69) is 0 Å². The number of carbonyl (C=O) groups excluding carboxylic acids is 1. The topological polar surface area (TPSA) is 66.8 Å². The lowest BCUT2D eigenvalue weighted by Crippen LogP contribution is -2.64. The van der Waals surface area contributed by atoms with E-state index in [0.717, 1.165) is 24.8 Å². The van der Waals surface area contributed by atoms with Crippen molar-refractivity contribution in [3.05, 3.63) is 11.1 Å². The summed E-state index contributed by atoms with van der Waals surface area (Å²) >= 11 is 0. The zero-order valence-electron chi connectivity index (χ0n) is 17.0. The van der Waals surface area contributed by atoms with Crippen LogP contribution in [0.2, 0.25) is 0 Å². The molecule has 0 spiro atoms. The second-order valence-electron chi connectivity index (χ2n) is 9.51. The molecule has 2 unspecified atom stereocenters. The van der Waals surface area contributed by atoms with Crippen LogP contribution in [0.25, 0.3) is 0 Å². The van der Waals surface area contributed by atoms with Gasteiger partial charge in [0.2, 0.25) is 0 Å². The summed E-state index contributed by atoms with van der Waals surface area (Å²) in [4.78, 5) is 13.0. The van der Waals surface area contributed by atoms with Crippen LogP contribution >= 0.6 is 0 Å². The molecule has 148 valence electrons. The molecule has 2 N–H and O–H groups in total. The highest BCUT2D eigenvalue weighted by Crippen LogP contribution is 2.69. The van der Waals surface area contributed by atoms with E-state index < -0.39 is 17.6 Å². The van der Waals surface area contributed by atoms with Crippen molar-refractivity contribution < 1.29 is 19.7 Å². The summed E-state index contributed by atoms with van der Waals surface area (Å²) in [5.41, 5.74) is 0.185. The third kappa shape index (κ3) is 2.75. The predicted molar refractivity (Wildman–Crippen MR) is 101 cm³/mol. The molecule has 0 aliphatic heterocycles. The van der Waals surface area contributed by atoms with Gasteiger partial charge in [0.1, 0.15) is 0 Å². The molecule has 4 saturated carbocycles. The van der Waals surface area contributed by atoms with E-state index in [0.29, 0.717) is 29.9 Å². The van der Waals surface area contributed by atoms with Crippen LogP contribution in [0.3, 0.4) is 0 Å². The molecule has 4 nitrogen and oxygen atoms in total. The summed E-state index contributed by atoms with van der Waals surface area (Å²) in [6.07, 6.45) is 5.22. The van der Waals surface area contributed by atoms with Gasteiger partial charge in [-0.25, -0.2) is 4.79 Å². The lowest BCUT2D eigenvalue weighted by molar-refractivity contribution is -0.195. The largest absolute Gasteiger partial charge is 0.463 e. The normalized spacial score (nSPS) is 37.0. The Labute approximate surface area is 158 Å². The minimum Gasteiger partial charge on any atom is -0.463 e. The first-order valence-corrected chi connectivity index (χ1v) is 10.4. The standard InChI is InChI=1S/C22H36O4/c1-6-26-20(25)19(13(2)3)22(14(4)23,15(5)24)21-10-16-7-17(11-21)9-18(8-16)12-21/h14-18,23-24H,6-12H2,1-5H3. The fourth-order valence-electron chi connectivity index (χ4n) is 7.53. The maximum absolute atomic E-state index is 13.0. The lowest BCUT2D eigenvalue weighted by Gasteiger charge is -2.65. The summed E-state index contributed by atoms with van der Waals surface area (Å²) in [5, 5.41) is 22.3. The quantitative estimate of drug-likeness (QED) is 0.555. The average Bonchev–Trinajstić information content (AvgIpc) is 2.49. The van der Waals surface area contributed by atoms with Crippen molar-refractivity contribution in [3.8, 4) is 0 Å². The Balaban J connectivity index is 2.20. The molecule has 0 saturated heterocycles. The number of allylic oxidation sites excluding steroid dienone is 1. The number of hydrogen-bond acceptors (Lipinski definition) is 4. The average molecular weight is 365 g/mol. The second kappa shape index (κ2) is 6.94. The van der Waals surface area contributed by atoms with E-state index in [1.54, 1.807) is 20.8 Å². The molecule has 4 aliphatic rings. The number of esters is 1. The Kier molecular flexibility index (Phi) is 5.31. The summed E-state index contributed by atoms with van der Waals surface area (Å²) < 4.78 is 5.42. The van der Waals surface area contributed by atoms with Gasteiger partial charge in [-0.3, -0.25) is 0 Å². The van der Waals surface area contributed by atoms with Crippen molar-refractivity contribution in [2.24, 2.45) is 28.6 Å². The van der Waals surface area contributed by atoms with Crippen molar-refractivity contribution in [3.63, 3.8) is 0 Å². The van der Waals surface area contributed by atoms with Gasteiger partial charge in [-0.1, -0.05) is 5.57 Å². The number of aliphatic hydroxyl groups excluding tert-OH is 2. The van der Waals surface area contributed by atoms with Crippen LogP contribution in [0.4, 0.5) is 0 Å². The molecule has 4 bridgehead atoms. The molecule has 4 heteroatoms. The monoisotopic (exact) mass is 364 g/mol.